The summed E-state index contributed by atoms with van der Waals surface area (Å²) in [5.74, 6) is 0.143. The van der Waals surface area contributed by atoms with Crippen LogP contribution in [0.25, 0.3) is 0 Å². The maximum Gasteiger partial charge on any atom is 0.132 e. The number of halogens is 2. The number of benzene rings is 1. The number of hydrogen-bond donors (Lipinski definition) is 1. The Hall–Kier alpha value is -0.910. The Morgan fingerprint density at radius 2 is 2.18 bits per heavy atom. The van der Waals surface area contributed by atoms with E-state index in [-0.39, 0.29) is 5.82 Å². The van der Waals surface area contributed by atoms with E-state index in [9.17, 15) is 4.39 Å². The molecular formula is C12H11BrFNOS. The third kappa shape index (κ3) is 2.68. The molecule has 0 bridgehead atoms. The lowest BCUT2D eigenvalue weighted by atomic mass is 10.0. The van der Waals surface area contributed by atoms with Crippen molar-refractivity contribution in [2.24, 2.45) is 5.73 Å². The largest absolute Gasteiger partial charge is 0.497 e. The molecule has 0 saturated carbocycles. The number of methoxy groups -OCH3 is 1. The fourth-order valence-electron chi connectivity index (χ4n) is 1.55. The molecule has 0 spiro atoms. The van der Waals surface area contributed by atoms with Gasteiger partial charge in [0, 0.05) is 11.6 Å². The number of nitrogens with two attached hydrogens (primary N) is 1. The molecule has 2 rings (SSSR count). The second-order valence-corrected chi connectivity index (χ2v) is 5.84. The van der Waals surface area contributed by atoms with Crippen molar-refractivity contribution < 1.29 is 9.13 Å². The second kappa shape index (κ2) is 5.16. The minimum Gasteiger partial charge on any atom is -0.497 e. The summed E-state index contributed by atoms with van der Waals surface area (Å²) >= 11 is 4.89. The summed E-state index contributed by atoms with van der Waals surface area (Å²) in [7, 11) is 1.50. The highest BCUT2D eigenvalue weighted by Crippen LogP contribution is 2.30. The molecule has 1 unspecified atom stereocenters. The molecule has 90 valence electrons. The maximum atomic E-state index is 13.8. The number of thiophene rings is 1. The quantitative estimate of drug-likeness (QED) is 0.937. The Morgan fingerprint density at radius 1 is 1.41 bits per heavy atom. The van der Waals surface area contributed by atoms with Crippen LogP contribution in [0.15, 0.2) is 33.4 Å². The van der Waals surface area contributed by atoms with Gasteiger partial charge in [0.15, 0.2) is 0 Å². The Morgan fingerprint density at radius 3 is 2.71 bits per heavy atom. The standard InChI is InChI=1S/C12H11BrFNOS/c1-16-8-2-3-9(10(14)5-8)12(15)7-4-11(13)17-6-7/h2-6,12H,15H2,1H3. The summed E-state index contributed by atoms with van der Waals surface area (Å²) in [5.41, 5.74) is 7.39. The topological polar surface area (TPSA) is 35.2 Å². The van der Waals surface area contributed by atoms with E-state index in [4.69, 9.17) is 10.5 Å². The highest BCUT2D eigenvalue weighted by molar-refractivity contribution is 9.11. The van der Waals surface area contributed by atoms with Crippen LogP contribution >= 0.6 is 27.3 Å². The molecule has 0 radical (unpaired) electrons. The molecule has 2 N–H and O–H groups in total. The van der Waals surface area contributed by atoms with E-state index in [1.165, 1.54) is 24.5 Å². The lowest BCUT2D eigenvalue weighted by Gasteiger charge is -2.12. The molecule has 1 aromatic carbocycles. The molecule has 0 aliphatic rings. The minimum absolute atomic E-state index is 0.348. The summed E-state index contributed by atoms with van der Waals surface area (Å²) in [5, 5.41) is 1.92. The highest BCUT2D eigenvalue weighted by Gasteiger charge is 2.15. The Bertz CT molecular complexity index is 529. The van der Waals surface area contributed by atoms with Gasteiger partial charge in [0.2, 0.25) is 0 Å². The average Bonchev–Trinajstić information content (AvgIpc) is 2.75. The van der Waals surface area contributed by atoms with Gasteiger partial charge >= 0.3 is 0 Å². The summed E-state index contributed by atoms with van der Waals surface area (Å²) < 4.78 is 19.7. The van der Waals surface area contributed by atoms with Crippen molar-refractivity contribution in [3.05, 3.63) is 50.4 Å². The van der Waals surface area contributed by atoms with Gasteiger partial charge in [-0.05, 0) is 39.0 Å². The molecule has 5 heteroatoms. The van der Waals surface area contributed by atoms with Crippen LogP contribution in [-0.2, 0) is 0 Å². The molecule has 2 aromatic rings. The number of hydrogen-bond acceptors (Lipinski definition) is 3. The molecular weight excluding hydrogens is 305 g/mol. The van der Waals surface area contributed by atoms with Gasteiger partial charge in [-0.1, -0.05) is 6.07 Å². The Balaban J connectivity index is 2.34. The van der Waals surface area contributed by atoms with Crippen LogP contribution in [0.3, 0.4) is 0 Å². The molecule has 17 heavy (non-hydrogen) atoms. The van der Waals surface area contributed by atoms with Gasteiger partial charge in [0.05, 0.1) is 16.9 Å². The third-order valence-corrected chi connectivity index (χ3v) is 4.01. The summed E-state index contributed by atoms with van der Waals surface area (Å²) in [6.45, 7) is 0. The van der Waals surface area contributed by atoms with Crippen LogP contribution in [0.4, 0.5) is 4.39 Å². The van der Waals surface area contributed by atoms with Crippen LogP contribution in [0.1, 0.15) is 17.2 Å². The first-order chi connectivity index (χ1) is 8.11. The summed E-state index contributed by atoms with van der Waals surface area (Å²) in [4.78, 5) is 0. The van der Waals surface area contributed by atoms with E-state index in [1.807, 2.05) is 11.4 Å². The molecule has 1 heterocycles. The zero-order valence-corrected chi connectivity index (χ0v) is 11.5. The zero-order valence-electron chi connectivity index (χ0n) is 9.11. The van der Waals surface area contributed by atoms with E-state index >= 15 is 0 Å². The fourth-order valence-corrected chi connectivity index (χ4v) is 2.77. The molecule has 0 aliphatic carbocycles. The monoisotopic (exact) mass is 315 g/mol. The first kappa shape index (κ1) is 12.5. The first-order valence-electron chi connectivity index (χ1n) is 4.94. The Kier molecular flexibility index (Phi) is 3.81. The number of rotatable bonds is 3. The average molecular weight is 316 g/mol. The SMILES string of the molecule is COc1ccc(C(N)c2csc(Br)c2)c(F)c1. The van der Waals surface area contributed by atoms with Crippen LogP contribution in [-0.4, -0.2) is 7.11 Å². The Labute approximate surface area is 111 Å². The molecule has 1 aromatic heterocycles. The minimum atomic E-state index is -0.455. The smallest absolute Gasteiger partial charge is 0.132 e. The van der Waals surface area contributed by atoms with E-state index in [0.717, 1.165) is 9.35 Å². The fraction of sp³-hybridized carbons (Fsp3) is 0.167. The molecule has 0 amide bonds. The van der Waals surface area contributed by atoms with Crippen LogP contribution in [0.5, 0.6) is 5.75 Å². The first-order valence-corrected chi connectivity index (χ1v) is 6.62. The molecule has 0 aliphatic heterocycles. The summed E-state index contributed by atoms with van der Waals surface area (Å²) in [6, 6.07) is 6.16. The molecule has 1 atom stereocenters. The maximum absolute atomic E-state index is 13.8. The normalized spacial score (nSPS) is 12.5. The highest BCUT2D eigenvalue weighted by atomic mass is 79.9. The third-order valence-electron chi connectivity index (χ3n) is 2.49. The van der Waals surface area contributed by atoms with Gasteiger partial charge in [-0.15, -0.1) is 11.3 Å². The van der Waals surface area contributed by atoms with Gasteiger partial charge in [-0.25, -0.2) is 4.39 Å². The van der Waals surface area contributed by atoms with Crippen molar-refractivity contribution >= 4 is 27.3 Å². The van der Waals surface area contributed by atoms with Crippen molar-refractivity contribution in [3.63, 3.8) is 0 Å². The van der Waals surface area contributed by atoms with Crippen LogP contribution in [0.2, 0.25) is 0 Å². The van der Waals surface area contributed by atoms with Gasteiger partial charge in [-0.3, -0.25) is 0 Å². The van der Waals surface area contributed by atoms with Crippen molar-refractivity contribution in [1.82, 2.24) is 0 Å². The van der Waals surface area contributed by atoms with E-state index < -0.39 is 6.04 Å². The van der Waals surface area contributed by atoms with Gasteiger partial charge < -0.3 is 10.5 Å². The lowest BCUT2D eigenvalue weighted by molar-refractivity contribution is 0.410. The molecule has 0 fully saturated rings. The van der Waals surface area contributed by atoms with Crippen LogP contribution in [0, 0.1) is 5.82 Å². The van der Waals surface area contributed by atoms with E-state index in [1.54, 1.807) is 12.1 Å². The van der Waals surface area contributed by atoms with Gasteiger partial charge in [0.1, 0.15) is 11.6 Å². The van der Waals surface area contributed by atoms with Crippen LogP contribution < -0.4 is 10.5 Å². The molecule has 2 nitrogen and oxygen atoms in total. The van der Waals surface area contributed by atoms with Crippen molar-refractivity contribution in [1.29, 1.82) is 0 Å². The zero-order chi connectivity index (χ0) is 12.4. The summed E-state index contributed by atoms with van der Waals surface area (Å²) in [6.07, 6.45) is 0. The van der Waals surface area contributed by atoms with Gasteiger partial charge in [-0.2, -0.15) is 0 Å². The van der Waals surface area contributed by atoms with E-state index in [2.05, 4.69) is 15.9 Å². The van der Waals surface area contributed by atoms with Crippen molar-refractivity contribution in [2.75, 3.05) is 7.11 Å². The van der Waals surface area contributed by atoms with E-state index in [0.29, 0.717) is 11.3 Å². The second-order valence-electron chi connectivity index (χ2n) is 3.55. The number of ether oxygens (including phenoxy) is 1. The van der Waals surface area contributed by atoms with Crippen molar-refractivity contribution in [3.8, 4) is 5.75 Å². The molecule has 0 saturated heterocycles. The van der Waals surface area contributed by atoms with Gasteiger partial charge in [0.25, 0.3) is 0 Å². The van der Waals surface area contributed by atoms with Crippen molar-refractivity contribution in [2.45, 2.75) is 6.04 Å². The lowest BCUT2D eigenvalue weighted by Crippen LogP contribution is -2.12. The predicted octanol–water partition coefficient (Wildman–Crippen LogP) is 3.71. The predicted molar refractivity (Wildman–Crippen MR) is 71.0 cm³/mol.